The molecule has 0 unspecified atom stereocenters. The van der Waals surface area contributed by atoms with Crippen molar-refractivity contribution in [1.82, 2.24) is 15.3 Å². The highest BCUT2D eigenvalue weighted by Gasteiger charge is 2.36. The lowest BCUT2D eigenvalue weighted by Gasteiger charge is -2.29. The molecule has 0 saturated heterocycles. The molecule has 3 rings (SSSR count). The number of ketones is 1. The number of Topliss-reactive ketones (excluding diaryl/α,β-unsaturated/α-hetero) is 1. The topological polar surface area (TPSA) is 127 Å². The molecule has 1 aromatic carbocycles. The lowest BCUT2D eigenvalue weighted by molar-refractivity contribution is -0.129. The maximum Gasteiger partial charge on any atom is 0.248 e. The van der Waals surface area contributed by atoms with Gasteiger partial charge in [0.1, 0.15) is 0 Å². The number of amides is 2. The number of primary amides is 1. The molecular weight excluding hydrogens is 420 g/mol. The van der Waals surface area contributed by atoms with E-state index in [1.165, 1.54) is 0 Å². The molecule has 1 heterocycles. The molecule has 178 valence electrons. The number of hydroxylamine groups is 1. The minimum Gasteiger partial charge on any atom is -0.366 e. The number of benzene rings is 1. The molecule has 1 aromatic heterocycles. The van der Waals surface area contributed by atoms with E-state index in [4.69, 9.17) is 16.0 Å². The third kappa shape index (κ3) is 5.87. The van der Waals surface area contributed by atoms with Gasteiger partial charge in [0.05, 0.1) is 22.6 Å². The van der Waals surface area contributed by atoms with Crippen LogP contribution in [0.4, 0.5) is 0 Å². The van der Waals surface area contributed by atoms with Gasteiger partial charge in [-0.1, -0.05) is 33.1 Å². The SMILES string of the molecule is Cc1cc(-n2nc(CCCCCCCC(=O)NO)c3c2CC(C)(C)CC3=O)ccc1C(N)=O. The van der Waals surface area contributed by atoms with Crippen LogP contribution < -0.4 is 11.2 Å². The van der Waals surface area contributed by atoms with E-state index >= 15 is 0 Å². The number of nitrogens with one attached hydrogen (secondary N) is 1. The highest BCUT2D eigenvalue weighted by atomic mass is 16.5. The number of aromatic nitrogens is 2. The van der Waals surface area contributed by atoms with Gasteiger partial charge in [0, 0.05) is 18.4 Å². The van der Waals surface area contributed by atoms with E-state index in [9.17, 15) is 14.4 Å². The van der Waals surface area contributed by atoms with Gasteiger partial charge in [-0.25, -0.2) is 10.2 Å². The number of carbonyl (C=O) groups is 3. The summed E-state index contributed by atoms with van der Waals surface area (Å²) in [6.07, 6.45) is 6.83. The Labute approximate surface area is 194 Å². The third-order valence-electron chi connectivity index (χ3n) is 6.28. The Morgan fingerprint density at radius 2 is 1.85 bits per heavy atom. The molecule has 0 bridgehead atoms. The molecule has 8 nitrogen and oxygen atoms in total. The maximum absolute atomic E-state index is 13.1. The summed E-state index contributed by atoms with van der Waals surface area (Å²) in [4.78, 5) is 35.8. The first kappa shape index (κ1) is 24.6. The minimum absolute atomic E-state index is 0.137. The highest BCUT2D eigenvalue weighted by Crippen LogP contribution is 2.37. The first-order valence-corrected chi connectivity index (χ1v) is 11.6. The van der Waals surface area contributed by atoms with Gasteiger partial charge in [-0.05, 0) is 61.8 Å². The van der Waals surface area contributed by atoms with Crippen molar-refractivity contribution in [2.75, 3.05) is 0 Å². The molecule has 0 saturated carbocycles. The summed E-state index contributed by atoms with van der Waals surface area (Å²) >= 11 is 0. The molecule has 4 N–H and O–H groups in total. The van der Waals surface area contributed by atoms with Gasteiger partial charge in [-0.3, -0.25) is 19.6 Å². The Morgan fingerprint density at radius 1 is 1.15 bits per heavy atom. The van der Waals surface area contributed by atoms with Crippen molar-refractivity contribution < 1.29 is 19.6 Å². The van der Waals surface area contributed by atoms with E-state index in [1.54, 1.807) is 11.5 Å². The van der Waals surface area contributed by atoms with Crippen molar-refractivity contribution in [3.63, 3.8) is 0 Å². The minimum atomic E-state index is -0.462. The van der Waals surface area contributed by atoms with Crippen LogP contribution in [-0.2, 0) is 17.6 Å². The van der Waals surface area contributed by atoms with Crippen LogP contribution in [0, 0.1) is 12.3 Å². The van der Waals surface area contributed by atoms with Gasteiger partial charge in [0.2, 0.25) is 11.8 Å². The van der Waals surface area contributed by atoms with Gasteiger partial charge in [-0.2, -0.15) is 5.10 Å². The van der Waals surface area contributed by atoms with Crippen LogP contribution >= 0.6 is 0 Å². The predicted octanol–water partition coefficient (Wildman–Crippen LogP) is 3.82. The van der Waals surface area contributed by atoms with Crippen molar-refractivity contribution >= 4 is 17.6 Å². The van der Waals surface area contributed by atoms with Crippen LogP contribution in [0.3, 0.4) is 0 Å². The molecule has 0 radical (unpaired) electrons. The molecule has 0 aliphatic heterocycles. The summed E-state index contributed by atoms with van der Waals surface area (Å²) in [5.74, 6) is -0.675. The first-order valence-electron chi connectivity index (χ1n) is 11.6. The standard InChI is InChI=1S/C25H34N4O4/c1-16-13-17(11-12-18(16)24(26)32)29-20-14-25(2,3)15-21(30)23(20)19(27-29)9-7-5-4-6-8-10-22(31)28-33/h11-13,33H,4-10,14-15H2,1-3H3,(H2,26,32)(H,28,31). The Morgan fingerprint density at radius 3 is 2.52 bits per heavy atom. The summed E-state index contributed by atoms with van der Waals surface area (Å²) in [6, 6.07) is 5.44. The average molecular weight is 455 g/mol. The van der Waals surface area contributed by atoms with E-state index in [1.807, 2.05) is 23.7 Å². The first-order chi connectivity index (χ1) is 15.6. The summed E-state index contributed by atoms with van der Waals surface area (Å²) in [6.45, 7) is 6.05. The summed E-state index contributed by atoms with van der Waals surface area (Å²) < 4.78 is 1.87. The zero-order valence-corrected chi connectivity index (χ0v) is 19.7. The zero-order valence-electron chi connectivity index (χ0n) is 19.7. The molecular formula is C25H34N4O4. The molecule has 2 aromatic rings. The van der Waals surface area contributed by atoms with E-state index in [0.29, 0.717) is 18.4 Å². The molecule has 8 heteroatoms. The summed E-state index contributed by atoms with van der Waals surface area (Å²) in [5.41, 5.74) is 11.6. The molecule has 33 heavy (non-hydrogen) atoms. The van der Waals surface area contributed by atoms with E-state index in [0.717, 1.165) is 73.1 Å². The maximum atomic E-state index is 13.1. The molecule has 2 amide bonds. The number of nitrogens with zero attached hydrogens (tertiary/aromatic N) is 2. The molecule has 0 spiro atoms. The van der Waals surface area contributed by atoms with Crippen LogP contribution in [-0.4, -0.2) is 32.6 Å². The number of nitrogens with two attached hydrogens (primary N) is 1. The van der Waals surface area contributed by atoms with Crippen molar-refractivity contribution in [3.8, 4) is 5.69 Å². The van der Waals surface area contributed by atoms with Gasteiger partial charge in [0.25, 0.3) is 0 Å². The molecule has 1 aliphatic carbocycles. The van der Waals surface area contributed by atoms with E-state index in [-0.39, 0.29) is 17.1 Å². The average Bonchev–Trinajstić information content (AvgIpc) is 3.09. The smallest absolute Gasteiger partial charge is 0.248 e. The third-order valence-corrected chi connectivity index (χ3v) is 6.28. The normalized spacial score (nSPS) is 14.7. The molecule has 0 fully saturated rings. The Bertz CT molecular complexity index is 1050. The summed E-state index contributed by atoms with van der Waals surface area (Å²) in [7, 11) is 0. The monoisotopic (exact) mass is 454 g/mol. The Kier molecular flexibility index (Phi) is 7.68. The summed E-state index contributed by atoms with van der Waals surface area (Å²) in [5, 5.41) is 13.4. The Balaban J connectivity index is 1.78. The van der Waals surface area contributed by atoms with Gasteiger partial charge < -0.3 is 5.73 Å². The highest BCUT2D eigenvalue weighted by molar-refractivity contribution is 6.00. The van der Waals surface area contributed by atoms with E-state index < -0.39 is 5.91 Å². The number of carbonyl (C=O) groups excluding carboxylic acids is 3. The fourth-order valence-corrected chi connectivity index (χ4v) is 4.64. The predicted molar refractivity (Wildman–Crippen MR) is 125 cm³/mol. The van der Waals surface area contributed by atoms with Crippen molar-refractivity contribution in [2.24, 2.45) is 11.1 Å². The molecule has 1 aliphatic rings. The fraction of sp³-hybridized carbons (Fsp3) is 0.520. The van der Waals surface area contributed by atoms with Gasteiger partial charge in [0.15, 0.2) is 5.78 Å². The van der Waals surface area contributed by atoms with E-state index in [2.05, 4.69) is 13.8 Å². The number of hydrogen-bond donors (Lipinski definition) is 3. The van der Waals surface area contributed by atoms with Crippen molar-refractivity contribution in [2.45, 2.75) is 78.6 Å². The van der Waals surface area contributed by atoms with Gasteiger partial charge in [-0.15, -0.1) is 0 Å². The number of aryl methyl sites for hydroxylation is 2. The zero-order chi connectivity index (χ0) is 24.2. The number of unbranched alkanes of at least 4 members (excludes halogenated alkanes) is 4. The van der Waals surface area contributed by atoms with Crippen LogP contribution in [0.2, 0.25) is 0 Å². The lowest BCUT2D eigenvalue weighted by Crippen LogP contribution is -2.28. The quantitative estimate of drug-likeness (QED) is 0.286. The van der Waals surface area contributed by atoms with Crippen LogP contribution in [0.15, 0.2) is 18.2 Å². The largest absolute Gasteiger partial charge is 0.366 e. The van der Waals surface area contributed by atoms with Crippen molar-refractivity contribution in [3.05, 3.63) is 46.3 Å². The number of fused-ring (bicyclic) bond motifs is 1. The fourth-order valence-electron chi connectivity index (χ4n) is 4.64. The number of rotatable bonds is 10. The number of hydrogen-bond acceptors (Lipinski definition) is 5. The van der Waals surface area contributed by atoms with Crippen molar-refractivity contribution in [1.29, 1.82) is 0 Å². The second-order valence-electron chi connectivity index (χ2n) is 9.79. The second kappa shape index (κ2) is 10.3. The van der Waals surface area contributed by atoms with Crippen LogP contribution in [0.1, 0.15) is 96.5 Å². The van der Waals surface area contributed by atoms with Gasteiger partial charge >= 0.3 is 0 Å². The van der Waals surface area contributed by atoms with Crippen LogP contribution in [0.25, 0.3) is 5.69 Å². The molecule has 0 atom stereocenters. The lowest BCUT2D eigenvalue weighted by atomic mass is 9.75. The van der Waals surface area contributed by atoms with Crippen LogP contribution in [0.5, 0.6) is 0 Å². The second-order valence-corrected chi connectivity index (χ2v) is 9.79. The Hall–Kier alpha value is -3.00.